The number of aliphatic hydroxyl groups is 1. The Bertz CT molecular complexity index is 586. The van der Waals surface area contributed by atoms with E-state index in [4.69, 9.17) is 0 Å². The molecule has 1 aromatic rings. The van der Waals surface area contributed by atoms with Crippen molar-refractivity contribution in [1.29, 1.82) is 0 Å². The lowest BCUT2D eigenvalue weighted by Gasteiger charge is -2.32. The topological polar surface area (TPSA) is 23.5 Å². The average Bonchev–Trinajstić information content (AvgIpc) is 2.56. The molecule has 1 aliphatic rings. The number of hydrogen-bond donors (Lipinski definition) is 1. The molecule has 0 amide bonds. The first-order chi connectivity index (χ1) is 11.5. The van der Waals surface area contributed by atoms with Gasteiger partial charge in [0.25, 0.3) is 0 Å². The van der Waals surface area contributed by atoms with Crippen LogP contribution in [-0.2, 0) is 0 Å². The maximum Gasteiger partial charge on any atom is 0.123 e. The number of benzene rings is 1. The Balaban J connectivity index is 0.000000891. The van der Waals surface area contributed by atoms with E-state index < -0.39 is 0 Å². The van der Waals surface area contributed by atoms with Crippen molar-refractivity contribution in [3.63, 3.8) is 0 Å². The summed E-state index contributed by atoms with van der Waals surface area (Å²) in [7, 11) is 0. The Labute approximate surface area is 145 Å². The van der Waals surface area contributed by atoms with Gasteiger partial charge in [-0.05, 0) is 37.1 Å². The van der Waals surface area contributed by atoms with Gasteiger partial charge in [0.1, 0.15) is 5.82 Å². The molecule has 1 heterocycles. The first-order valence-electron chi connectivity index (χ1n) is 8.20. The van der Waals surface area contributed by atoms with Crippen LogP contribution in [0, 0.1) is 11.7 Å². The maximum absolute atomic E-state index is 13.0. The summed E-state index contributed by atoms with van der Waals surface area (Å²) in [6, 6.07) is 6.49. The third kappa shape index (κ3) is 6.26. The van der Waals surface area contributed by atoms with Gasteiger partial charge >= 0.3 is 0 Å². The van der Waals surface area contributed by atoms with Crippen molar-refractivity contribution in [2.45, 2.75) is 13.8 Å². The van der Waals surface area contributed by atoms with E-state index in [-0.39, 0.29) is 18.3 Å². The van der Waals surface area contributed by atoms with Crippen LogP contribution in [0.15, 0.2) is 67.3 Å². The van der Waals surface area contributed by atoms with Crippen LogP contribution in [0.1, 0.15) is 19.4 Å². The van der Waals surface area contributed by atoms with Gasteiger partial charge in [0.15, 0.2) is 0 Å². The van der Waals surface area contributed by atoms with Gasteiger partial charge in [-0.2, -0.15) is 0 Å². The zero-order valence-electron chi connectivity index (χ0n) is 14.7. The highest BCUT2D eigenvalue weighted by atomic mass is 19.1. The fraction of sp³-hybridized carbons (Fsp3) is 0.333. The first-order valence-corrected chi connectivity index (χ1v) is 8.20. The Morgan fingerprint density at radius 2 is 1.96 bits per heavy atom. The summed E-state index contributed by atoms with van der Waals surface area (Å²) in [6.45, 7) is 13.7. The highest BCUT2D eigenvalue weighted by Crippen LogP contribution is 2.28. The molecule has 2 rings (SSSR count). The van der Waals surface area contributed by atoms with E-state index in [9.17, 15) is 9.50 Å². The summed E-state index contributed by atoms with van der Waals surface area (Å²) < 4.78 is 13.0. The smallest absolute Gasteiger partial charge is 0.123 e. The second kappa shape index (κ2) is 10.7. The van der Waals surface area contributed by atoms with E-state index in [1.807, 2.05) is 13.0 Å². The fourth-order valence-corrected chi connectivity index (χ4v) is 2.77. The van der Waals surface area contributed by atoms with Gasteiger partial charge in [-0.3, -0.25) is 4.90 Å². The summed E-state index contributed by atoms with van der Waals surface area (Å²) in [4.78, 5) is 2.29. The molecular weight excluding hydrogens is 301 g/mol. The molecular formula is C21H28FNO. The van der Waals surface area contributed by atoms with Crippen LogP contribution in [0.3, 0.4) is 0 Å². The second-order valence-electron chi connectivity index (χ2n) is 5.90. The van der Waals surface area contributed by atoms with Gasteiger partial charge in [-0.1, -0.05) is 48.6 Å². The van der Waals surface area contributed by atoms with Crippen LogP contribution >= 0.6 is 0 Å². The van der Waals surface area contributed by atoms with E-state index in [0.717, 1.165) is 30.8 Å². The van der Waals surface area contributed by atoms with Crippen LogP contribution in [-0.4, -0.2) is 36.2 Å². The standard InChI is InChI=1S/C18H22FNO.C3H6/c1-3-4-14(2)11-20-10-9-18(16(12-20)13-21)15-5-7-17(19)8-6-15;1-3-2/h3-9,16,21H,1,10-13H2,2H3;3H,1H2,2H3/b14-4+;. The molecule has 130 valence electrons. The number of nitrogens with zero attached hydrogens (tertiary/aromatic N) is 1. The minimum Gasteiger partial charge on any atom is -0.396 e. The van der Waals surface area contributed by atoms with Gasteiger partial charge in [-0.25, -0.2) is 4.39 Å². The summed E-state index contributed by atoms with van der Waals surface area (Å²) >= 11 is 0. The Kier molecular flexibility index (Phi) is 8.98. The van der Waals surface area contributed by atoms with Gasteiger partial charge in [0.2, 0.25) is 0 Å². The van der Waals surface area contributed by atoms with E-state index in [0.29, 0.717) is 0 Å². The SMILES string of the molecule is C=C/C=C(\C)CN1CC=C(c2ccc(F)cc2)C(CO)C1.C=CC. The molecule has 0 saturated heterocycles. The molecule has 1 atom stereocenters. The Morgan fingerprint density at radius 3 is 2.50 bits per heavy atom. The van der Waals surface area contributed by atoms with Crippen molar-refractivity contribution < 1.29 is 9.50 Å². The predicted octanol–water partition coefficient (Wildman–Crippen LogP) is 4.46. The van der Waals surface area contributed by atoms with Crippen molar-refractivity contribution >= 4 is 5.57 Å². The molecule has 0 aromatic heterocycles. The molecule has 0 spiro atoms. The van der Waals surface area contributed by atoms with Crippen LogP contribution in [0.4, 0.5) is 4.39 Å². The summed E-state index contributed by atoms with van der Waals surface area (Å²) in [5, 5.41) is 9.66. The zero-order valence-corrected chi connectivity index (χ0v) is 14.7. The van der Waals surface area contributed by atoms with Gasteiger partial charge in [-0.15, -0.1) is 6.58 Å². The lowest BCUT2D eigenvalue weighted by molar-refractivity contribution is 0.201. The van der Waals surface area contributed by atoms with Crippen molar-refractivity contribution in [1.82, 2.24) is 4.90 Å². The Morgan fingerprint density at radius 1 is 1.33 bits per heavy atom. The molecule has 0 fully saturated rings. The summed E-state index contributed by atoms with van der Waals surface area (Å²) in [6.07, 6.45) is 7.69. The average molecular weight is 329 g/mol. The number of allylic oxidation sites excluding steroid dienone is 3. The molecule has 1 aliphatic heterocycles. The monoisotopic (exact) mass is 329 g/mol. The highest BCUT2D eigenvalue weighted by molar-refractivity contribution is 5.68. The minimum absolute atomic E-state index is 0.0701. The zero-order chi connectivity index (χ0) is 17.9. The van der Waals surface area contributed by atoms with Crippen molar-refractivity contribution in [3.8, 4) is 0 Å². The van der Waals surface area contributed by atoms with Crippen molar-refractivity contribution in [3.05, 3.63) is 78.7 Å². The van der Waals surface area contributed by atoms with Crippen LogP contribution in [0.5, 0.6) is 0 Å². The molecule has 2 nitrogen and oxygen atoms in total. The number of aliphatic hydroxyl groups excluding tert-OH is 1. The van der Waals surface area contributed by atoms with Crippen LogP contribution in [0.25, 0.3) is 5.57 Å². The summed E-state index contributed by atoms with van der Waals surface area (Å²) in [5.74, 6) is -0.164. The quantitative estimate of drug-likeness (QED) is 0.637. The van der Waals surface area contributed by atoms with E-state index in [2.05, 4.69) is 31.1 Å². The third-order valence-electron chi connectivity index (χ3n) is 3.76. The number of rotatable bonds is 5. The highest BCUT2D eigenvalue weighted by Gasteiger charge is 2.23. The predicted molar refractivity (Wildman–Crippen MR) is 101 cm³/mol. The maximum atomic E-state index is 13.0. The lowest BCUT2D eigenvalue weighted by atomic mass is 9.89. The number of halogens is 1. The molecule has 3 heteroatoms. The molecule has 0 saturated carbocycles. The molecule has 0 aliphatic carbocycles. The first kappa shape index (κ1) is 20.1. The molecule has 1 aromatic carbocycles. The third-order valence-corrected chi connectivity index (χ3v) is 3.76. The second-order valence-corrected chi connectivity index (χ2v) is 5.90. The van der Waals surface area contributed by atoms with Gasteiger partial charge in [0, 0.05) is 25.6 Å². The largest absolute Gasteiger partial charge is 0.396 e. The Hall–Kier alpha value is -1.97. The normalized spacial score (nSPS) is 18.2. The summed E-state index contributed by atoms with van der Waals surface area (Å²) in [5.41, 5.74) is 3.35. The lowest BCUT2D eigenvalue weighted by Crippen LogP contribution is -2.36. The van der Waals surface area contributed by atoms with Gasteiger partial charge < -0.3 is 5.11 Å². The van der Waals surface area contributed by atoms with Crippen LogP contribution < -0.4 is 0 Å². The van der Waals surface area contributed by atoms with Crippen molar-refractivity contribution in [2.24, 2.45) is 5.92 Å². The fourth-order valence-electron chi connectivity index (χ4n) is 2.77. The molecule has 0 bridgehead atoms. The van der Waals surface area contributed by atoms with E-state index >= 15 is 0 Å². The molecule has 1 N–H and O–H groups in total. The van der Waals surface area contributed by atoms with Gasteiger partial charge in [0.05, 0.1) is 6.61 Å². The molecule has 0 radical (unpaired) electrons. The van der Waals surface area contributed by atoms with Crippen LogP contribution in [0.2, 0.25) is 0 Å². The van der Waals surface area contributed by atoms with E-state index in [1.165, 1.54) is 17.7 Å². The molecule has 1 unspecified atom stereocenters. The molecule has 24 heavy (non-hydrogen) atoms. The minimum atomic E-state index is -0.234. The van der Waals surface area contributed by atoms with Crippen molar-refractivity contribution in [2.75, 3.05) is 26.2 Å². The number of hydrogen-bond acceptors (Lipinski definition) is 2. The van der Waals surface area contributed by atoms with E-state index in [1.54, 1.807) is 24.3 Å².